The smallest absolute Gasteiger partial charge is 0.276 e. The molecule has 138 valence electrons. The Morgan fingerprint density at radius 3 is 2.88 bits per heavy atom. The van der Waals surface area contributed by atoms with Crippen LogP contribution in [0.4, 0.5) is 5.69 Å². The summed E-state index contributed by atoms with van der Waals surface area (Å²) in [5.41, 5.74) is 1.15. The third-order valence-electron chi connectivity index (χ3n) is 4.79. The van der Waals surface area contributed by atoms with Crippen LogP contribution in [0.15, 0.2) is 36.5 Å². The molecule has 26 heavy (non-hydrogen) atoms. The van der Waals surface area contributed by atoms with E-state index in [1.165, 1.54) is 0 Å². The van der Waals surface area contributed by atoms with Crippen molar-refractivity contribution >= 4 is 11.6 Å². The van der Waals surface area contributed by atoms with Crippen molar-refractivity contribution in [1.29, 1.82) is 0 Å². The van der Waals surface area contributed by atoms with E-state index in [0.717, 1.165) is 50.4 Å². The maximum Gasteiger partial charge on any atom is 0.276 e. The fourth-order valence-electron chi connectivity index (χ4n) is 3.33. The minimum absolute atomic E-state index is 0.119. The molecule has 0 bridgehead atoms. The van der Waals surface area contributed by atoms with Gasteiger partial charge in [0.1, 0.15) is 11.9 Å². The van der Waals surface area contributed by atoms with Crippen LogP contribution in [0.1, 0.15) is 35.8 Å². The van der Waals surface area contributed by atoms with Crippen LogP contribution >= 0.6 is 0 Å². The highest BCUT2D eigenvalue weighted by Gasteiger charge is 2.19. The first-order valence-electron chi connectivity index (χ1n) is 9.19. The number of carbonyl (C=O) groups is 1. The second-order valence-corrected chi connectivity index (χ2v) is 6.76. The molecule has 0 spiro atoms. The number of hydrogen-bond acceptors (Lipinski definition) is 5. The van der Waals surface area contributed by atoms with Gasteiger partial charge in [0, 0.05) is 24.8 Å². The summed E-state index contributed by atoms with van der Waals surface area (Å²) in [6, 6.07) is 9.49. The third-order valence-corrected chi connectivity index (χ3v) is 4.79. The fourth-order valence-corrected chi connectivity index (χ4v) is 3.33. The van der Waals surface area contributed by atoms with Gasteiger partial charge < -0.3 is 20.1 Å². The lowest BCUT2D eigenvalue weighted by atomic mass is 10.1. The summed E-state index contributed by atoms with van der Waals surface area (Å²) in [6.45, 7) is 3.34. The Bertz CT molecular complexity index is 731. The van der Waals surface area contributed by atoms with Crippen molar-refractivity contribution in [2.24, 2.45) is 0 Å². The van der Waals surface area contributed by atoms with Gasteiger partial charge in [-0.1, -0.05) is 0 Å². The van der Waals surface area contributed by atoms with E-state index in [9.17, 15) is 4.79 Å². The number of amides is 1. The summed E-state index contributed by atoms with van der Waals surface area (Å²) in [6.07, 6.45) is 5.13. The SMILES string of the molecule is O=C(Nc1ccc(OC2CCOC2)cc1)c1ccn(C2CCCNC2)n1. The molecule has 0 radical (unpaired) electrons. The Hall–Kier alpha value is -2.38. The summed E-state index contributed by atoms with van der Waals surface area (Å²) < 4.78 is 13.0. The third kappa shape index (κ3) is 4.05. The van der Waals surface area contributed by atoms with Gasteiger partial charge in [0.05, 0.1) is 19.3 Å². The van der Waals surface area contributed by atoms with Crippen molar-refractivity contribution in [3.8, 4) is 5.75 Å². The lowest BCUT2D eigenvalue weighted by Gasteiger charge is -2.22. The molecule has 2 aliphatic heterocycles. The zero-order valence-electron chi connectivity index (χ0n) is 14.7. The van der Waals surface area contributed by atoms with Gasteiger partial charge in [-0.15, -0.1) is 0 Å². The first-order valence-corrected chi connectivity index (χ1v) is 9.19. The second kappa shape index (κ2) is 7.88. The van der Waals surface area contributed by atoms with E-state index < -0.39 is 0 Å². The largest absolute Gasteiger partial charge is 0.488 e. The average molecular weight is 356 g/mol. The molecular formula is C19H24N4O3. The second-order valence-electron chi connectivity index (χ2n) is 6.76. The van der Waals surface area contributed by atoms with Crippen LogP contribution in [0, 0.1) is 0 Å². The molecular weight excluding hydrogens is 332 g/mol. The van der Waals surface area contributed by atoms with Gasteiger partial charge in [-0.25, -0.2) is 0 Å². The lowest BCUT2D eigenvalue weighted by Crippen LogP contribution is -2.32. The topological polar surface area (TPSA) is 77.4 Å². The summed E-state index contributed by atoms with van der Waals surface area (Å²) in [5, 5.41) is 10.7. The molecule has 2 unspecified atom stereocenters. The number of rotatable bonds is 5. The van der Waals surface area contributed by atoms with Crippen molar-refractivity contribution in [1.82, 2.24) is 15.1 Å². The van der Waals surface area contributed by atoms with E-state index in [4.69, 9.17) is 9.47 Å². The minimum atomic E-state index is -0.203. The van der Waals surface area contributed by atoms with Gasteiger partial charge >= 0.3 is 0 Å². The van der Waals surface area contributed by atoms with Gasteiger partial charge in [0.2, 0.25) is 0 Å². The average Bonchev–Trinajstić information content (AvgIpc) is 3.36. The van der Waals surface area contributed by atoms with Crippen LogP contribution in [0.5, 0.6) is 5.75 Å². The number of anilines is 1. The monoisotopic (exact) mass is 356 g/mol. The number of carbonyl (C=O) groups excluding carboxylic acids is 1. The van der Waals surface area contributed by atoms with Gasteiger partial charge in [0.15, 0.2) is 5.69 Å². The van der Waals surface area contributed by atoms with Crippen LogP contribution in [-0.4, -0.2) is 48.1 Å². The predicted octanol–water partition coefficient (Wildman–Crippen LogP) is 2.23. The molecule has 2 fully saturated rings. The molecule has 2 atom stereocenters. The van der Waals surface area contributed by atoms with Crippen molar-refractivity contribution in [2.45, 2.75) is 31.4 Å². The number of nitrogens with one attached hydrogen (secondary N) is 2. The van der Waals surface area contributed by atoms with E-state index >= 15 is 0 Å². The number of hydrogen-bond donors (Lipinski definition) is 2. The molecule has 0 aliphatic carbocycles. The Morgan fingerprint density at radius 1 is 1.27 bits per heavy atom. The number of ether oxygens (including phenoxy) is 2. The summed E-state index contributed by atoms with van der Waals surface area (Å²) in [5.74, 6) is 0.581. The lowest BCUT2D eigenvalue weighted by molar-refractivity contribution is 0.102. The highest BCUT2D eigenvalue weighted by molar-refractivity contribution is 6.02. The highest BCUT2D eigenvalue weighted by atomic mass is 16.5. The first kappa shape index (κ1) is 17.1. The Kier molecular flexibility index (Phi) is 5.17. The van der Waals surface area contributed by atoms with Crippen molar-refractivity contribution in [3.05, 3.63) is 42.2 Å². The van der Waals surface area contributed by atoms with E-state index in [1.807, 2.05) is 35.1 Å². The molecule has 2 saturated heterocycles. The molecule has 2 aromatic rings. The Labute approximate surface area is 152 Å². The van der Waals surface area contributed by atoms with E-state index in [0.29, 0.717) is 18.3 Å². The molecule has 2 aliphatic rings. The van der Waals surface area contributed by atoms with Crippen molar-refractivity contribution < 1.29 is 14.3 Å². The maximum atomic E-state index is 12.4. The van der Waals surface area contributed by atoms with E-state index in [1.54, 1.807) is 6.07 Å². The van der Waals surface area contributed by atoms with Crippen LogP contribution in [0.3, 0.4) is 0 Å². The Balaban J connectivity index is 1.34. The van der Waals surface area contributed by atoms with Gasteiger partial charge in [-0.05, 0) is 49.7 Å². The van der Waals surface area contributed by atoms with Crippen molar-refractivity contribution in [2.75, 3.05) is 31.6 Å². The number of piperidine rings is 1. The van der Waals surface area contributed by atoms with Crippen LogP contribution in [-0.2, 0) is 4.74 Å². The number of benzene rings is 1. The Morgan fingerprint density at radius 2 is 2.15 bits per heavy atom. The zero-order chi connectivity index (χ0) is 17.8. The molecule has 7 nitrogen and oxygen atoms in total. The maximum absolute atomic E-state index is 12.4. The van der Waals surface area contributed by atoms with Crippen LogP contribution in [0.25, 0.3) is 0 Å². The van der Waals surface area contributed by atoms with Gasteiger partial charge in [-0.3, -0.25) is 9.48 Å². The molecule has 1 aromatic heterocycles. The van der Waals surface area contributed by atoms with Crippen LogP contribution in [0.2, 0.25) is 0 Å². The van der Waals surface area contributed by atoms with Crippen LogP contribution < -0.4 is 15.4 Å². The normalized spacial score (nSPS) is 22.9. The van der Waals surface area contributed by atoms with Gasteiger partial charge in [-0.2, -0.15) is 5.10 Å². The molecule has 1 aromatic carbocycles. The molecule has 7 heteroatoms. The summed E-state index contributed by atoms with van der Waals surface area (Å²) >= 11 is 0. The molecule has 1 amide bonds. The molecule has 2 N–H and O–H groups in total. The first-order chi connectivity index (χ1) is 12.8. The molecule has 3 heterocycles. The standard InChI is InChI=1S/C19H24N4O3/c24-19(18-7-10-23(22-18)15-2-1-9-20-12-15)21-14-3-5-16(6-4-14)26-17-8-11-25-13-17/h3-7,10,15,17,20H,1-2,8-9,11-13H2,(H,21,24). The van der Waals surface area contributed by atoms with Gasteiger partial charge in [0.25, 0.3) is 5.91 Å². The highest BCUT2D eigenvalue weighted by Crippen LogP contribution is 2.20. The fraction of sp³-hybridized carbons (Fsp3) is 0.474. The number of aromatic nitrogens is 2. The predicted molar refractivity (Wildman–Crippen MR) is 97.6 cm³/mol. The quantitative estimate of drug-likeness (QED) is 0.859. The molecule has 4 rings (SSSR count). The minimum Gasteiger partial charge on any atom is -0.488 e. The molecule has 0 saturated carbocycles. The summed E-state index contributed by atoms with van der Waals surface area (Å²) in [7, 11) is 0. The number of nitrogens with zero attached hydrogens (tertiary/aromatic N) is 2. The van der Waals surface area contributed by atoms with E-state index in [-0.39, 0.29) is 12.0 Å². The van der Waals surface area contributed by atoms with Crippen molar-refractivity contribution in [3.63, 3.8) is 0 Å². The van der Waals surface area contributed by atoms with E-state index in [2.05, 4.69) is 15.7 Å². The zero-order valence-corrected chi connectivity index (χ0v) is 14.7. The summed E-state index contributed by atoms with van der Waals surface area (Å²) in [4.78, 5) is 12.4.